The average molecular weight is 516 g/mol. The van der Waals surface area contributed by atoms with Gasteiger partial charge in [0.2, 0.25) is 11.7 Å². The Morgan fingerprint density at radius 1 is 0.941 bits per heavy atom. The molecule has 1 N–H and O–H groups in total. The first-order valence-corrected chi connectivity index (χ1v) is 11.5. The van der Waals surface area contributed by atoms with Crippen molar-refractivity contribution in [2.75, 3.05) is 0 Å². The largest absolute Gasteiger partial charge is 0.450 e. The van der Waals surface area contributed by atoms with Gasteiger partial charge in [-0.15, -0.1) is 0 Å². The number of hydrogen-bond acceptors (Lipinski definition) is 3. The maximum absolute atomic E-state index is 13.0. The SMILES string of the molecule is CC(C)[C@H](CC(=O)[C@H](Cc1ccccc1)NC(=O)CCc1ccc(Cl)c(Cl)c1)C(=O)C(F)(F)F. The van der Waals surface area contributed by atoms with E-state index in [9.17, 15) is 27.6 Å². The van der Waals surface area contributed by atoms with Crippen LogP contribution in [-0.4, -0.2) is 29.7 Å². The van der Waals surface area contributed by atoms with E-state index in [0.29, 0.717) is 16.5 Å². The average Bonchev–Trinajstić information content (AvgIpc) is 2.77. The van der Waals surface area contributed by atoms with Gasteiger partial charge in [0.05, 0.1) is 16.1 Å². The molecule has 2 atom stereocenters. The number of carbonyl (C=O) groups is 3. The second-order valence-electron chi connectivity index (χ2n) is 8.44. The molecule has 0 unspecified atom stereocenters. The summed E-state index contributed by atoms with van der Waals surface area (Å²) in [6, 6.07) is 12.7. The zero-order chi connectivity index (χ0) is 25.5. The lowest BCUT2D eigenvalue weighted by Crippen LogP contribution is -2.45. The van der Waals surface area contributed by atoms with E-state index in [1.165, 1.54) is 13.8 Å². The van der Waals surface area contributed by atoms with E-state index < -0.39 is 47.9 Å². The van der Waals surface area contributed by atoms with Crippen LogP contribution in [0.3, 0.4) is 0 Å². The monoisotopic (exact) mass is 515 g/mol. The molecule has 0 saturated carbocycles. The Hall–Kier alpha value is -2.38. The molecule has 0 spiro atoms. The van der Waals surface area contributed by atoms with E-state index in [-0.39, 0.29) is 12.8 Å². The van der Waals surface area contributed by atoms with Gasteiger partial charge < -0.3 is 5.32 Å². The van der Waals surface area contributed by atoms with Crippen LogP contribution in [0.5, 0.6) is 0 Å². The summed E-state index contributed by atoms with van der Waals surface area (Å²) in [5.74, 6) is -5.20. The molecule has 0 aromatic heterocycles. The van der Waals surface area contributed by atoms with Crippen LogP contribution < -0.4 is 5.32 Å². The summed E-state index contributed by atoms with van der Waals surface area (Å²) in [5, 5.41) is 3.38. The minimum Gasteiger partial charge on any atom is -0.346 e. The lowest BCUT2D eigenvalue weighted by Gasteiger charge is -2.24. The number of ketones is 2. The predicted octanol–water partition coefficient (Wildman–Crippen LogP) is 6.02. The van der Waals surface area contributed by atoms with Crippen molar-refractivity contribution in [1.29, 1.82) is 0 Å². The number of Topliss-reactive ketones (excluding diaryl/α,β-unsaturated/α-hetero) is 2. The van der Waals surface area contributed by atoms with E-state index in [1.54, 1.807) is 48.5 Å². The molecule has 0 saturated heterocycles. The van der Waals surface area contributed by atoms with Crippen molar-refractivity contribution in [2.45, 2.75) is 51.7 Å². The highest BCUT2D eigenvalue weighted by Gasteiger charge is 2.45. The number of hydrogen-bond donors (Lipinski definition) is 1. The molecule has 0 fully saturated rings. The molecule has 0 aliphatic rings. The van der Waals surface area contributed by atoms with Crippen LogP contribution in [0.25, 0.3) is 0 Å². The van der Waals surface area contributed by atoms with Gasteiger partial charge >= 0.3 is 6.18 Å². The number of aryl methyl sites for hydroxylation is 1. The summed E-state index contributed by atoms with van der Waals surface area (Å²) < 4.78 is 39.1. The van der Waals surface area contributed by atoms with E-state index in [4.69, 9.17) is 23.2 Å². The summed E-state index contributed by atoms with van der Waals surface area (Å²) in [6.07, 6.45) is -5.18. The van der Waals surface area contributed by atoms with E-state index in [1.807, 2.05) is 0 Å². The number of carbonyl (C=O) groups excluding carboxylic acids is 3. The molecular weight excluding hydrogens is 490 g/mol. The number of rotatable bonds is 11. The van der Waals surface area contributed by atoms with Gasteiger partial charge in [-0.3, -0.25) is 14.4 Å². The molecule has 0 heterocycles. The highest BCUT2D eigenvalue weighted by Crippen LogP contribution is 2.28. The van der Waals surface area contributed by atoms with Crippen molar-refractivity contribution >= 4 is 40.7 Å². The smallest absolute Gasteiger partial charge is 0.346 e. The van der Waals surface area contributed by atoms with Crippen molar-refractivity contribution in [3.63, 3.8) is 0 Å². The highest BCUT2D eigenvalue weighted by atomic mass is 35.5. The molecule has 184 valence electrons. The van der Waals surface area contributed by atoms with Gasteiger partial charge in [0.15, 0.2) is 5.78 Å². The fraction of sp³-hybridized carbons (Fsp3) is 0.400. The Balaban J connectivity index is 2.14. The summed E-state index contributed by atoms with van der Waals surface area (Å²) >= 11 is 11.9. The molecule has 34 heavy (non-hydrogen) atoms. The quantitative estimate of drug-likeness (QED) is 0.398. The molecule has 4 nitrogen and oxygen atoms in total. The Morgan fingerprint density at radius 2 is 1.59 bits per heavy atom. The van der Waals surface area contributed by atoms with Gasteiger partial charge in [-0.25, -0.2) is 0 Å². The minimum absolute atomic E-state index is 0.0334. The lowest BCUT2D eigenvalue weighted by molar-refractivity contribution is -0.177. The Bertz CT molecular complexity index is 1010. The van der Waals surface area contributed by atoms with Crippen molar-refractivity contribution in [1.82, 2.24) is 5.32 Å². The molecule has 0 aliphatic carbocycles. The molecule has 2 aromatic rings. The van der Waals surface area contributed by atoms with Crippen molar-refractivity contribution in [3.05, 3.63) is 69.7 Å². The lowest BCUT2D eigenvalue weighted by atomic mass is 9.84. The number of benzene rings is 2. The number of nitrogens with one attached hydrogen (secondary N) is 1. The number of halogens is 5. The van der Waals surface area contributed by atoms with Gasteiger partial charge in [-0.1, -0.05) is 73.4 Å². The maximum Gasteiger partial charge on any atom is 0.450 e. The zero-order valence-corrected chi connectivity index (χ0v) is 20.3. The van der Waals surface area contributed by atoms with Crippen molar-refractivity contribution in [2.24, 2.45) is 11.8 Å². The number of alkyl halides is 3. The molecule has 0 radical (unpaired) electrons. The third kappa shape index (κ3) is 8.44. The van der Waals surface area contributed by atoms with Gasteiger partial charge in [0.1, 0.15) is 0 Å². The van der Waals surface area contributed by atoms with Crippen LogP contribution in [0.4, 0.5) is 13.2 Å². The van der Waals surface area contributed by atoms with E-state index in [0.717, 1.165) is 11.1 Å². The topological polar surface area (TPSA) is 63.2 Å². The molecule has 9 heteroatoms. The Morgan fingerprint density at radius 3 is 2.15 bits per heavy atom. The molecular formula is C25H26Cl2F3NO3. The standard InChI is InChI=1S/C25H26Cl2F3NO3/c1-15(2)18(24(34)25(28,29)30)14-22(32)21(13-16-6-4-3-5-7-16)31-23(33)11-9-17-8-10-19(26)20(27)12-17/h3-8,10,12,15,18,21H,9,11,13-14H2,1-2H3,(H,31,33)/t18-,21-/m0/s1. The van der Waals surface area contributed by atoms with Gasteiger partial charge in [-0.05, 0) is 42.0 Å². The predicted molar refractivity (Wildman–Crippen MR) is 126 cm³/mol. The maximum atomic E-state index is 13.0. The molecule has 0 aliphatic heterocycles. The van der Waals surface area contributed by atoms with Gasteiger partial charge in [-0.2, -0.15) is 13.2 Å². The first kappa shape index (κ1) is 27.9. The van der Waals surface area contributed by atoms with Crippen LogP contribution in [0.1, 0.15) is 37.8 Å². The molecule has 2 aromatic carbocycles. The fourth-order valence-corrected chi connectivity index (χ4v) is 3.84. The summed E-state index contributed by atoms with van der Waals surface area (Å²) in [5.41, 5.74) is 1.50. The summed E-state index contributed by atoms with van der Waals surface area (Å²) in [4.78, 5) is 37.5. The molecule has 0 bridgehead atoms. The second-order valence-corrected chi connectivity index (χ2v) is 9.26. The first-order chi connectivity index (χ1) is 15.9. The molecule has 2 rings (SSSR count). The van der Waals surface area contributed by atoms with E-state index in [2.05, 4.69) is 5.32 Å². The number of amides is 1. The van der Waals surface area contributed by atoms with Crippen LogP contribution in [0.15, 0.2) is 48.5 Å². The van der Waals surface area contributed by atoms with E-state index >= 15 is 0 Å². The minimum atomic E-state index is -5.03. The van der Waals surface area contributed by atoms with Crippen LogP contribution in [-0.2, 0) is 27.2 Å². The van der Waals surface area contributed by atoms with Crippen molar-refractivity contribution < 1.29 is 27.6 Å². The second kappa shape index (κ2) is 12.4. The van der Waals surface area contributed by atoms with Crippen LogP contribution in [0, 0.1) is 11.8 Å². The first-order valence-electron chi connectivity index (χ1n) is 10.8. The van der Waals surface area contributed by atoms with Crippen LogP contribution >= 0.6 is 23.2 Å². The molecule has 1 amide bonds. The normalized spacial score (nSPS) is 13.4. The van der Waals surface area contributed by atoms with Gasteiger partial charge in [0, 0.05) is 18.8 Å². The summed E-state index contributed by atoms with van der Waals surface area (Å²) in [6.45, 7) is 2.92. The summed E-state index contributed by atoms with van der Waals surface area (Å²) in [7, 11) is 0. The zero-order valence-electron chi connectivity index (χ0n) is 18.8. The fourth-order valence-electron chi connectivity index (χ4n) is 3.52. The van der Waals surface area contributed by atoms with Crippen LogP contribution in [0.2, 0.25) is 10.0 Å². The van der Waals surface area contributed by atoms with Crippen molar-refractivity contribution in [3.8, 4) is 0 Å². The third-order valence-electron chi connectivity index (χ3n) is 5.47. The highest BCUT2D eigenvalue weighted by molar-refractivity contribution is 6.42. The third-order valence-corrected chi connectivity index (χ3v) is 6.21. The Kier molecular flexibility index (Phi) is 10.1. The Labute approximate surface area is 206 Å². The van der Waals surface area contributed by atoms with Gasteiger partial charge in [0.25, 0.3) is 0 Å².